The molecule has 0 saturated heterocycles. The highest BCUT2D eigenvalue weighted by atomic mass is 32.1. The minimum Gasteiger partial charge on any atom is -0.362 e. The molecule has 3 aromatic carbocycles. The maximum atomic E-state index is 6.09. The number of benzene rings is 3. The van der Waals surface area contributed by atoms with Gasteiger partial charge in [0.15, 0.2) is 5.11 Å². The van der Waals surface area contributed by atoms with E-state index in [1.165, 1.54) is 74.0 Å². The van der Waals surface area contributed by atoms with Gasteiger partial charge in [-0.05, 0) is 109 Å². The van der Waals surface area contributed by atoms with Crippen molar-refractivity contribution in [3.05, 3.63) is 95.6 Å². The first-order valence-corrected chi connectivity index (χ1v) is 18.7. The van der Waals surface area contributed by atoms with Gasteiger partial charge in [-0.2, -0.15) is 0 Å². The van der Waals surface area contributed by atoms with Crippen LogP contribution in [0, 0.1) is 11.3 Å². The second-order valence-corrected chi connectivity index (χ2v) is 17.3. The molecule has 3 aliphatic rings. The minimum atomic E-state index is -0.469. The first-order chi connectivity index (χ1) is 20.8. The highest BCUT2D eigenvalue weighted by Crippen LogP contribution is 2.57. The second kappa shape index (κ2) is 13.0. The number of nitrogens with one attached hydrogen (secondary N) is 2. The SMILES string of the molecule is CC(C)c1ccc2c(c1)CC[C@H]1[C@](C)(CNC(=S)N[C@H]3CCCC[C@@H]3P(c3ccccc3)c3ccccc3)CCC[C@]21C. The van der Waals surface area contributed by atoms with Crippen molar-refractivity contribution >= 4 is 35.9 Å². The molecule has 0 bridgehead atoms. The fourth-order valence-corrected chi connectivity index (χ4v) is 12.3. The molecule has 0 heterocycles. The van der Waals surface area contributed by atoms with Crippen LogP contribution < -0.4 is 21.2 Å². The lowest BCUT2D eigenvalue weighted by Gasteiger charge is -2.55. The Labute approximate surface area is 267 Å². The van der Waals surface area contributed by atoms with Crippen LogP contribution in [0.25, 0.3) is 0 Å². The van der Waals surface area contributed by atoms with Crippen LogP contribution in [0.15, 0.2) is 78.9 Å². The highest BCUT2D eigenvalue weighted by molar-refractivity contribution is 7.80. The van der Waals surface area contributed by atoms with E-state index in [1.807, 2.05) is 0 Å². The number of hydrogen-bond donors (Lipinski definition) is 2. The van der Waals surface area contributed by atoms with E-state index in [0.29, 0.717) is 23.5 Å². The summed E-state index contributed by atoms with van der Waals surface area (Å²) in [5, 5.41) is 11.5. The Morgan fingerprint density at radius 2 is 1.53 bits per heavy atom. The van der Waals surface area contributed by atoms with Gasteiger partial charge in [0.05, 0.1) is 0 Å². The molecule has 3 aliphatic carbocycles. The van der Waals surface area contributed by atoms with Gasteiger partial charge in [-0.25, -0.2) is 0 Å². The van der Waals surface area contributed by atoms with Crippen molar-refractivity contribution in [2.24, 2.45) is 11.3 Å². The largest absolute Gasteiger partial charge is 0.362 e. The second-order valence-electron chi connectivity index (χ2n) is 14.4. The number of hydrogen-bond acceptors (Lipinski definition) is 1. The molecule has 0 unspecified atom stereocenters. The van der Waals surface area contributed by atoms with Crippen LogP contribution in [0.1, 0.15) is 102 Å². The van der Waals surface area contributed by atoms with Crippen molar-refractivity contribution < 1.29 is 0 Å². The van der Waals surface area contributed by atoms with Crippen LogP contribution in [0.5, 0.6) is 0 Å². The first-order valence-electron chi connectivity index (χ1n) is 16.9. The first kappa shape index (κ1) is 30.8. The molecule has 2 fully saturated rings. The Hall–Kier alpha value is -2.22. The van der Waals surface area contributed by atoms with E-state index in [4.69, 9.17) is 12.2 Å². The summed E-state index contributed by atoms with van der Waals surface area (Å²) in [5.74, 6) is 1.26. The minimum absolute atomic E-state index is 0.236. The van der Waals surface area contributed by atoms with E-state index < -0.39 is 7.92 Å². The number of rotatable bonds is 7. The highest BCUT2D eigenvalue weighted by Gasteiger charge is 2.51. The van der Waals surface area contributed by atoms with Crippen molar-refractivity contribution in [1.82, 2.24) is 10.6 Å². The predicted octanol–water partition coefficient (Wildman–Crippen LogP) is 8.73. The number of thiocarbonyl (C=S) groups is 1. The van der Waals surface area contributed by atoms with Crippen molar-refractivity contribution in [2.45, 2.75) is 109 Å². The fraction of sp³-hybridized carbons (Fsp3) is 0.513. The molecule has 2 saturated carbocycles. The molecule has 0 radical (unpaired) electrons. The molecule has 228 valence electrons. The summed E-state index contributed by atoms with van der Waals surface area (Å²) in [6.45, 7) is 10.7. The molecule has 6 rings (SSSR count). The molecule has 0 amide bonds. The molecule has 3 aromatic rings. The lowest BCUT2D eigenvalue weighted by Crippen LogP contribution is -2.55. The van der Waals surface area contributed by atoms with Crippen molar-refractivity contribution in [3.8, 4) is 0 Å². The summed E-state index contributed by atoms with van der Waals surface area (Å²) >= 11 is 6.09. The molecule has 0 spiro atoms. The number of aryl methyl sites for hydroxylation is 1. The van der Waals surface area contributed by atoms with Gasteiger partial charge in [0, 0.05) is 18.2 Å². The Kier molecular flexibility index (Phi) is 9.32. The zero-order valence-electron chi connectivity index (χ0n) is 26.7. The van der Waals surface area contributed by atoms with Gasteiger partial charge in [-0.15, -0.1) is 0 Å². The lowest BCUT2D eigenvalue weighted by atomic mass is 9.49. The zero-order chi connectivity index (χ0) is 30.0. The molecule has 4 heteroatoms. The van der Waals surface area contributed by atoms with Crippen LogP contribution in [0.2, 0.25) is 0 Å². The topological polar surface area (TPSA) is 24.1 Å². The van der Waals surface area contributed by atoms with Crippen molar-refractivity contribution in [3.63, 3.8) is 0 Å². The lowest BCUT2D eigenvalue weighted by molar-refractivity contribution is 0.0292. The monoisotopic (exact) mass is 610 g/mol. The molecule has 2 nitrogen and oxygen atoms in total. The van der Waals surface area contributed by atoms with Crippen LogP contribution >= 0.6 is 20.1 Å². The molecular formula is C39H51N2PS. The van der Waals surface area contributed by atoms with Gasteiger partial charge in [0.1, 0.15) is 0 Å². The van der Waals surface area contributed by atoms with E-state index in [9.17, 15) is 0 Å². The Bertz CT molecular complexity index is 1350. The van der Waals surface area contributed by atoms with Gasteiger partial charge in [0.2, 0.25) is 0 Å². The third-order valence-corrected chi connectivity index (χ3v) is 14.5. The summed E-state index contributed by atoms with van der Waals surface area (Å²) in [6.07, 6.45) is 11.4. The Balaban J connectivity index is 1.16. The maximum absolute atomic E-state index is 6.09. The van der Waals surface area contributed by atoms with E-state index >= 15 is 0 Å². The van der Waals surface area contributed by atoms with E-state index in [2.05, 4.69) is 117 Å². The molecule has 0 aromatic heterocycles. The Morgan fingerprint density at radius 1 is 0.860 bits per heavy atom. The molecule has 5 atom stereocenters. The van der Waals surface area contributed by atoms with E-state index in [0.717, 1.165) is 11.7 Å². The number of fused-ring (bicyclic) bond motifs is 3. The van der Waals surface area contributed by atoms with E-state index in [1.54, 1.807) is 11.1 Å². The van der Waals surface area contributed by atoms with Gasteiger partial charge < -0.3 is 10.6 Å². The molecule has 0 aliphatic heterocycles. The van der Waals surface area contributed by atoms with Crippen LogP contribution in [-0.2, 0) is 11.8 Å². The van der Waals surface area contributed by atoms with Gasteiger partial charge in [-0.1, -0.05) is 126 Å². The summed E-state index contributed by atoms with van der Waals surface area (Å²) < 4.78 is 0. The predicted molar refractivity (Wildman–Crippen MR) is 191 cm³/mol. The van der Waals surface area contributed by atoms with Gasteiger partial charge >= 0.3 is 0 Å². The van der Waals surface area contributed by atoms with E-state index in [-0.39, 0.29) is 10.8 Å². The summed E-state index contributed by atoms with van der Waals surface area (Å²) in [6, 6.07) is 30.3. The quantitative estimate of drug-likeness (QED) is 0.207. The van der Waals surface area contributed by atoms with Crippen LogP contribution in [-0.4, -0.2) is 23.4 Å². The normalized spacial score (nSPS) is 28.7. The molecule has 43 heavy (non-hydrogen) atoms. The smallest absolute Gasteiger partial charge is 0.166 e. The summed E-state index contributed by atoms with van der Waals surface area (Å²) in [4.78, 5) is 0. The average Bonchev–Trinajstić information content (AvgIpc) is 3.02. The zero-order valence-corrected chi connectivity index (χ0v) is 28.5. The van der Waals surface area contributed by atoms with Crippen molar-refractivity contribution in [2.75, 3.05) is 6.54 Å². The Morgan fingerprint density at radius 3 is 2.21 bits per heavy atom. The van der Waals surface area contributed by atoms with Crippen LogP contribution in [0.4, 0.5) is 0 Å². The van der Waals surface area contributed by atoms with Gasteiger partial charge in [0.25, 0.3) is 0 Å². The third-order valence-electron chi connectivity index (χ3n) is 11.3. The summed E-state index contributed by atoms with van der Waals surface area (Å²) in [7, 11) is -0.469. The maximum Gasteiger partial charge on any atom is 0.166 e. The standard InChI is InChI=1S/C39H51N2PS/c1-28(2)29-20-22-33-30(26-29)21-23-36-38(3,24-13-25-39(33,36)4)27-40-37(43)41-34-18-11-12-19-35(34)42(31-14-7-5-8-15-31)32-16-9-6-10-17-32/h5-10,14-17,20,22,26,28,34-36H,11-13,18-19,21,23-25,27H2,1-4H3,(H2,40,41,43)/t34-,35-,36-,38-,39+/m0/s1. The third kappa shape index (κ3) is 6.32. The molecular weight excluding hydrogens is 559 g/mol. The van der Waals surface area contributed by atoms with Crippen LogP contribution in [0.3, 0.4) is 0 Å². The van der Waals surface area contributed by atoms with Gasteiger partial charge in [-0.3, -0.25) is 0 Å². The summed E-state index contributed by atoms with van der Waals surface area (Å²) in [5.41, 5.74) is 5.78. The fourth-order valence-electron chi connectivity index (χ4n) is 9.01. The molecule has 2 N–H and O–H groups in total. The van der Waals surface area contributed by atoms with Crippen molar-refractivity contribution in [1.29, 1.82) is 0 Å². The average molecular weight is 611 g/mol.